The molecular weight excluding hydrogens is 258 g/mol. The number of aromatic nitrogens is 3. The third-order valence-electron chi connectivity index (χ3n) is 3.75. The van der Waals surface area contributed by atoms with Crippen LogP contribution in [0.25, 0.3) is 0 Å². The highest BCUT2D eigenvalue weighted by Gasteiger charge is 2.40. The van der Waals surface area contributed by atoms with E-state index in [4.69, 9.17) is 9.47 Å². The summed E-state index contributed by atoms with van der Waals surface area (Å²) in [6, 6.07) is 0. The zero-order chi connectivity index (χ0) is 14.6. The van der Waals surface area contributed by atoms with Crippen molar-refractivity contribution in [2.75, 3.05) is 20.3 Å². The lowest BCUT2D eigenvalue weighted by Gasteiger charge is -2.34. The maximum atomic E-state index is 12.6. The van der Waals surface area contributed by atoms with Crippen molar-refractivity contribution in [3.05, 3.63) is 12.2 Å². The summed E-state index contributed by atoms with van der Waals surface area (Å²) in [5.41, 5.74) is -0.715. The largest absolute Gasteiger partial charge is 0.381 e. The van der Waals surface area contributed by atoms with Crippen LogP contribution < -0.4 is 0 Å². The monoisotopic (exact) mass is 281 g/mol. The Morgan fingerprint density at radius 3 is 2.80 bits per heavy atom. The molecule has 6 heteroatoms. The van der Waals surface area contributed by atoms with Crippen molar-refractivity contribution >= 4 is 5.78 Å². The van der Waals surface area contributed by atoms with Gasteiger partial charge in [0.2, 0.25) is 0 Å². The molecule has 1 aliphatic rings. The van der Waals surface area contributed by atoms with E-state index >= 15 is 0 Å². The van der Waals surface area contributed by atoms with Gasteiger partial charge in [-0.1, -0.05) is 13.8 Å². The molecule has 2 rings (SSSR count). The first-order valence-corrected chi connectivity index (χ1v) is 7.10. The normalized spacial score (nSPS) is 18.4. The molecule has 1 fully saturated rings. The average Bonchev–Trinajstić information content (AvgIpc) is 2.86. The van der Waals surface area contributed by atoms with Gasteiger partial charge in [0.15, 0.2) is 5.78 Å². The Morgan fingerprint density at radius 1 is 1.50 bits per heavy atom. The molecule has 0 atom stereocenters. The standard InChI is InChI=1S/C14H23N3O3/c1-11(2)9-17-13(15-10-16-17)8-12(18)14(19-3)4-6-20-7-5-14/h10-11H,4-9H2,1-3H3. The molecule has 0 spiro atoms. The number of carbonyl (C=O) groups is 1. The Balaban J connectivity index is 2.08. The van der Waals surface area contributed by atoms with E-state index in [2.05, 4.69) is 23.9 Å². The van der Waals surface area contributed by atoms with E-state index in [1.807, 2.05) is 4.68 Å². The van der Waals surface area contributed by atoms with Crippen LogP contribution in [0.3, 0.4) is 0 Å². The van der Waals surface area contributed by atoms with Gasteiger partial charge in [0.05, 0.1) is 6.42 Å². The number of Topliss-reactive ketones (excluding diaryl/α,β-unsaturated/α-hetero) is 1. The fraction of sp³-hybridized carbons (Fsp3) is 0.786. The predicted molar refractivity (Wildman–Crippen MR) is 73.4 cm³/mol. The van der Waals surface area contributed by atoms with Crippen LogP contribution >= 0.6 is 0 Å². The molecule has 0 bridgehead atoms. The third-order valence-corrected chi connectivity index (χ3v) is 3.75. The molecule has 1 aromatic heterocycles. The summed E-state index contributed by atoms with van der Waals surface area (Å²) in [4.78, 5) is 16.8. The molecule has 1 saturated heterocycles. The lowest BCUT2D eigenvalue weighted by molar-refractivity contribution is -0.152. The van der Waals surface area contributed by atoms with Crippen molar-refractivity contribution in [2.45, 2.75) is 45.3 Å². The molecule has 0 unspecified atom stereocenters. The molecule has 0 radical (unpaired) electrons. The van der Waals surface area contributed by atoms with Gasteiger partial charge in [-0.05, 0) is 5.92 Å². The first kappa shape index (κ1) is 15.1. The predicted octanol–water partition coefficient (Wildman–Crippen LogP) is 1.24. The number of hydrogen-bond donors (Lipinski definition) is 0. The highest BCUT2D eigenvalue weighted by Crippen LogP contribution is 2.26. The molecule has 0 aliphatic carbocycles. The van der Waals surface area contributed by atoms with E-state index in [0.29, 0.717) is 37.8 Å². The highest BCUT2D eigenvalue weighted by atomic mass is 16.5. The molecule has 2 heterocycles. The minimum absolute atomic E-state index is 0.0707. The van der Waals surface area contributed by atoms with Crippen molar-refractivity contribution in [2.24, 2.45) is 5.92 Å². The van der Waals surface area contributed by atoms with Crippen molar-refractivity contribution in [3.63, 3.8) is 0 Å². The average molecular weight is 281 g/mol. The fourth-order valence-corrected chi connectivity index (χ4v) is 2.53. The Kier molecular flexibility index (Phi) is 4.88. The second kappa shape index (κ2) is 6.45. The zero-order valence-electron chi connectivity index (χ0n) is 12.5. The van der Waals surface area contributed by atoms with Crippen LogP contribution in [0.2, 0.25) is 0 Å². The SMILES string of the molecule is COC1(C(=O)Cc2ncnn2CC(C)C)CCOCC1. The van der Waals surface area contributed by atoms with Gasteiger partial charge in [0.25, 0.3) is 0 Å². The molecule has 0 amide bonds. The Hall–Kier alpha value is -1.27. The highest BCUT2D eigenvalue weighted by molar-refractivity contribution is 5.88. The molecular formula is C14H23N3O3. The molecule has 1 aliphatic heterocycles. The molecule has 6 nitrogen and oxygen atoms in total. The van der Waals surface area contributed by atoms with Crippen LogP contribution in [0.4, 0.5) is 0 Å². The van der Waals surface area contributed by atoms with Crippen LogP contribution in [0.1, 0.15) is 32.5 Å². The summed E-state index contributed by atoms with van der Waals surface area (Å²) in [6.07, 6.45) is 3.00. The number of ether oxygens (including phenoxy) is 2. The number of rotatable bonds is 6. The van der Waals surface area contributed by atoms with E-state index in [1.165, 1.54) is 6.33 Å². The van der Waals surface area contributed by atoms with Gasteiger partial charge in [-0.15, -0.1) is 0 Å². The van der Waals surface area contributed by atoms with Gasteiger partial charge in [0, 0.05) is 39.7 Å². The van der Waals surface area contributed by atoms with Crippen LogP contribution in [0.15, 0.2) is 6.33 Å². The Bertz CT molecular complexity index is 450. The second-order valence-electron chi connectivity index (χ2n) is 5.66. The summed E-state index contributed by atoms with van der Waals surface area (Å²) < 4.78 is 12.7. The van der Waals surface area contributed by atoms with Gasteiger partial charge in [-0.2, -0.15) is 5.10 Å². The zero-order valence-corrected chi connectivity index (χ0v) is 12.5. The maximum Gasteiger partial charge on any atom is 0.172 e. The topological polar surface area (TPSA) is 66.2 Å². The first-order chi connectivity index (χ1) is 9.57. The number of nitrogens with zero attached hydrogens (tertiary/aromatic N) is 3. The summed E-state index contributed by atoms with van der Waals surface area (Å²) in [7, 11) is 1.60. The van der Waals surface area contributed by atoms with Crippen LogP contribution in [-0.4, -0.2) is 46.5 Å². The van der Waals surface area contributed by atoms with Crippen molar-refractivity contribution in [3.8, 4) is 0 Å². The van der Waals surface area contributed by atoms with Crippen LogP contribution in [0.5, 0.6) is 0 Å². The molecule has 112 valence electrons. The molecule has 0 saturated carbocycles. The summed E-state index contributed by atoms with van der Waals surface area (Å²) in [6.45, 7) is 6.13. The number of ketones is 1. The van der Waals surface area contributed by atoms with Gasteiger partial charge >= 0.3 is 0 Å². The maximum absolute atomic E-state index is 12.6. The quantitative estimate of drug-likeness (QED) is 0.785. The van der Waals surface area contributed by atoms with Crippen molar-refractivity contribution in [1.29, 1.82) is 0 Å². The number of methoxy groups -OCH3 is 1. The van der Waals surface area contributed by atoms with Gasteiger partial charge < -0.3 is 9.47 Å². The lowest BCUT2D eigenvalue weighted by Crippen LogP contribution is -2.46. The molecule has 0 N–H and O–H groups in total. The number of carbonyl (C=O) groups excluding carboxylic acids is 1. The van der Waals surface area contributed by atoms with Crippen LogP contribution in [-0.2, 0) is 27.2 Å². The Morgan fingerprint density at radius 2 is 2.20 bits per heavy atom. The summed E-state index contributed by atoms with van der Waals surface area (Å²) in [5.74, 6) is 1.25. The second-order valence-corrected chi connectivity index (χ2v) is 5.66. The summed E-state index contributed by atoms with van der Waals surface area (Å²) >= 11 is 0. The first-order valence-electron chi connectivity index (χ1n) is 7.10. The molecule has 0 aromatic carbocycles. The van der Waals surface area contributed by atoms with E-state index in [9.17, 15) is 4.79 Å². The third kappa shape index (κ3) is 3.24. The smallest absolute Gasteiger partial charge is 0.172 e. The minimum Gasteiger partial charge on any atom is -0.381 e. The molecule has 1 aromatic rings. The fourth-order valence-electron chi connectivity index (χ4n) is 2.53. The van der Waals surface area contributed by atoms with Crippen LogP contribution in [0, 0.1) is 5.92 Å². The molecule has 20 heavy (non-hydrogen) atoms. The van der Waals surface area contributed by atoms with Crippen molar-refractivity contribution < 1.29 is 14.3 Å². The van der Waals surface area contributed by atoms with E-state index in [0.717, 1.165) is 6.54 Å². The summed E-state index contributed by atoms with van der Waals surface area (Å²) in [5, 5.41) is 4.19. The lowest BCUT2D eigenvalue weighted by atomic mass is 9.87. The van der Waals surface area contributed by atoms with Gasteiger partial charge in [-0.3, -0.25) is 4.79 Å². The Labute approximate surface area is 119 Å². The van der Waals surface area contributed by atoms with E-state index < -0.39 is 5.60 Å². The van der Waals surface area contributed by atoms with Gasteiger partial charge in [-0.25, -0.2) is 9.67 Å². The van der Waals surface area contributed by atoms with E-state index in [-0.39, 0.29) is 12.2 Å². The van der Waals surface area contributed by atoms with E-state index in [1.54, 1.807) is 7.11 Å². The van der Waals surface area contributed by atoms with Gasteiger partial charge in [0.1, 0.15) is 17.8 Å². The van der Waals surface area contributed by atoms with Crippen molar-refractivity contribution in [1.82, 2.24) is 14.8 Å². The minimum atomic E-state index is -0.715. The number of hydrogen-bond acceptors (Lipinski definition) is 5.